The fourth-order valence-electron chi connectivity index (χ4n) is 6.36. The molecule has 0 bridgehead atoms. The summed E-state index contributed by atoms with van der Waals surface area (Å²) < 4.78 is 11.0. The zero-order chi connectivity index (χ0) is 44.7. The molecule has 2 aromatic carbocycles. The van der Waals surface area contributed by atoms with E-state index in [9.17, 15) is 44.1 Å². The molecule has 1 aliphatic heterocycles. The number of urea groups is 1. The van der Waals surface area contributed by atoms with Crippen LogP contribution in [-0.2, 0) is 39.9 Å². The molecule has 0 radical (unpaired) electrons. The van der Waals surface area contributed by atoms with Crippen molar-refractivity contribution in [3.05, 3.63) is 53.6 Å². The Morgan fingerprint density at radius 2 is 1.46 bits per heavy atom. The third-order valence-electron chi connectivity index (χ3n) is 9.99. The summed E-state index contributed by atoms with van der Waals surface area (Å²) in [5.74, 6) is -2.23. The van der Waals surface area contributed by atoms with Gasteiger partial charge in [-0.3, -0.25) is 24.0 Å². The molecule has 1 heterocycles. The number of carbonyl (C=O) groups excluding carboxylic acids is 6. The van der Waals surface area contributed by atoms with E-state index in [1.807, 2.05) is 7.05 Å². The maximum Gasteiger partial charge on any atom is 0.312 e. The van der Waals surface area contributed by atoms with Crippen molar-refractivity contribution in [3.63, 3.8) is 0 Å². The zero-order valence-corrected chi connectivity index (χ0v) is 35.5. The molecule has 0 aliphatic carbocycles. The number of anilines is 1. The number of benzene rings is 2. The maximum atomic E-state index is 13.5. The van der Waals surface area contributed by atoms with E-state index in [2.05, 4.69) is 31.5 Å². The summed E-state index contributed by atoms with van der Waals surface area (Å²) in [5, 5.41) is 43.6. The second-order valence-electron chi connectivity index (χ2n) is 15.3. The highest BCUT2D eigenvalue weighted by Gasteiger charge is 2.30. The number of rotatable bonds is 26. The lowest BCUT2D eigenvalue weighted by atomic mass is 10.0. The van der Waals surface area contributed by atoms with Crippen LogP contribution in [0.3, 0.4) is 0 Å². The Hall–Kier alpha value is -5.50. The molecule has 10 N–H and O–H groups in total. The number of aryl methyl sites for hydroxylation is 1. The lowest BCUT2D eigenvalue weighted by Crippen LogP contribution is -2.54. The summed E-state index contributed by atoms with van der Waals surface area (Å²) in [6.45, 7) is 7.23. The number of aliphatic hydroxyl groups is 1. The first-order valence-electron chi connectivity index (χ1n) is 20.8. The number of phenolic OH excluding ortho intramolecular Hbond substituents is 2. The van der Waals surface area contributed by atoms with Crippen molar-refractivity contribution in [3.8, 4) is 11.5 Å². The third-order valence-corrected chi connectivity index (χ3v) is 9.99. The van der Waals surface area contributed by atoms with Crippen LogP contribution in [-0.4, -0.2) is 146 Å². The van der Waals surface area contributed by atoms with E-state index >= 15 is 0 Å². The van der Waals surface area contributed by atoms with Gasteiger partial charge in [0.25, 0.3) is 5.91 Å². The van der Waals surface area contributed by atoms with Gasteiger partial charge in [0.15, 0.2) is 6.10 Å². The molecule has 3 unspecified atom stereocenters. The first kappa shape index (κ1) is 49.9. The Kier molecular flexibility index (Phi) is 21.8. The van der Waals surface area contributed by atoms with Crippen molar-refractivity contribution < 1.29 is 53.6 Å². The number of piperazine rings is 1. The predicted octanol–water partition coefficient (Wildman–Crippen LogP) is 0.870. The van der Waals surface area contributed by atoms with Gasteiger partial charge in [0.1, 0.15) is 23.6 Å². The van der Waals surface area contributed by atoms with Gasteiger partial charge in [-0.1, -0.05) is 26.0 Å². The molecule has 1 fully saturated rings. The van der Waals surface area contributed by atoms with Crippen LogP contribution in [0, 0.1) is 5.92 Å². The van der Waals surface area contributed by atoms with Gasteiger partial charge < -0.3 is 66.9 Å². The summed E-state index contributed by atoms with van der Waals surface area (Å²) in [6, 6.07) is 7.78. The zero-order valence-electron chi connectivity index (χ0n) is 35.5. The Balaban J connectivity index is 1.38. The van der Waals surface area contributed by atoms with E-state index < -0.39 is 47.8 Å². The van der Waals surface area contributed by atoms with Gasteiger partial charge in [-0.15, -0.1) is 0 Å². The van der Waals surface area contributed by atoms with E-state index in [0.717, 1.165) is 0 Å². The van der Waals surface area contributed by atoms with Gasteiger partial charge in [0.2, 0.25) is 23.6 Å². The van der Waals surface area contributed by atoms with Crippen molar-refractivity contribution >= 4 is 41.3 Å². The highest BCUT2D eigenvalue weighted by molar-refractivity contribution is 5.98. The predicted molar refractivity (Wildman–Crippen MR) is 226 cm³/mol. The van der Waals surface area contributed by atoms with Crippen LogP contribution in [0.1, 0.15) is 69.6 Å². The highest BCUT2D eigenvalue weighted by Crippen LogP contribution is 2.24. The monoisotopic (exact) mass is 856 g/mol. The minimum Gasteiger partial charge on any atom is -0.508 e. The highest BCUT2D eigenvalue weighted by atomic mass is 16.5. The lowest BCUT2D eigenvalue weighted by Gasteiger charge is -2.33. The number of carbonyl (C=O) groups is 6. The van der Waals surface area contributed by atoms with Crippen LogP contribution in [0.25, 0.3) is 0 Å². The molecule has 2 aromatic rings. The lowest BCUT2D eigenvalue weighted by molar-refractivity contribution is -0.142. The summed E-state index contributed by atoms with van der Waals surface area (Å²) >= 11 is 0. The van der Waals surface area contributed by atoms with Crippen LogP contribution >= 0.6 is 0 Å². The van der Waals surface area contributed by atoms with Crippen LogP contribution < -0.4 is 32.3 Å². The number of hydrogen-bond acceptors (Lipinski definition) is 12. The number of amides is 7. The molecule has 1 saturated heterocycles. The number of nitrogens with one attached hydrogen (secondary N) is 5. The van der Waals surface area contributed by atoms with Crippen LogP contribution in [0.2, 0.25) is 0 Å². The maximum absolute atomic E-state index is 13.5. The molecule has 3 atom stereocenters. The number of aromatic hydroxyl groups is 2. The van der Waals surface area contributed by atoms with Crippen molar-refractivity contribution in [1.82, 2.24) is 31.1 Å². The first-order chi connectivity index (χ1) is 29.1. The number of aliphatic hydroxyl groups excluding tert-OH is 1. The molecule has 0 saturated carbocycles. The number of nitrogens with two attached hydrogens (primary N) is 1. The van der Waals surface area contributed by atoms with E-state index in [1.54, 1.807) is 43.0 Å². The van der Waals surface area contributed by atoms with Crippen LogP contribution in [0.4, 0.5) is 10.5 Å². The topological polar surface area (TPSA) is 274 Å². The van der Waals surface area contributed by atoms with Crippen LogP contribution in [0.5, 0.6) is 11.5 Å². The molecule has 7 amide bonds. The fourth-order valence-corrected chi connectivity index (χ4v) is 6.36. The summed E-state index contributed by atoms with van der Waals surface area (Å²) in [6.07, 6.45) is 1.19. The quantitative estimate of drug-likeness (QED) is 0.0471. The molecule has 3 rings (SSSR count). The Bertz CT molecular complexity index is 1720. The number of unbranched alkanes of at least 4 members (excludes halogenated alkanes) is 1. The summed E-state index contributed by atoms with van der Waals surface area (Å²) in [4.78, 5) is 79.6. The average molecular weight is 857 g/mol. The standard InChI is InChI=1S/C42H64N8O11/c1-28(2)37(48-36(54)16-23-60-25-26-61-24-18-44-35(53)9-5-4-7-30-27-32(51)14-15-34(30)52)40(57)47-33(8-6-17-45-42(43)59)39(56)46-31-12-10-29(11-13-31)38(55)41(58)50-21-19-49(3)20-22-50/h10-15,27-28,33,37-38,51-52,55H,4-9,16-26H2,1-3H3,(H,44,53)(H,46,56)(H,47,57)(H,48,54)(H3,43,45,59). The Labute approximate surface area is 357 Å². The number of hydrogen-bond donors (Lipinski definition) is 9. The molecule has 19 nitrogen and oxygen atoms in total. The molecule has 0 aromatic heterocycles. The van der Waals surface area contributed by atoms with Gasteiger partial charge >= 0.3 is 6.03 Å². The van der Waals surface area contributed by atoms with Gasteiger partial charge in [0.05, 0.1) is 26.4 Å². The van der Waals surface area contributed by atoms with E-state index in [-0.39, 0.29) is 69.1 Å². The van der Waals surface area contributed by atoms with E-state index in [1.165, 1.54) is 18.2 Å². The number of ether oxygens (including phenoxy) is 2. The Morgan fingerprint density at radius 1 is 0.770 bits per heavy atom. The number of likely N-dealkylation sites (N-methyl/N-ethyl adjacent to an activating group) is 1. The van der Waals surface area contributed by atoms with E-state index in [4.69, 9.17) is 15.2 Å². The molecule has 19 heteroatoms. The fraction of sp³-hybridized carbons (Fsp3) is 0.571. The first-order valence-corrected chi connectivity index (χ1v) is 20.8. The largest absolute Gasteiger partial charge is 0.508 e. The number of primary amides is 1. The van der Waals surface area contributed by atoms with Crippen LogP contribution in [0.15, 0.2) is 42.5 Å². The third kappa shape index (κ3) is 18.8. The molecule has 1 aliphatic rings. The normalized spacial score (nSPS) is 14.4. The van der Waals surface area contributed by atoms with Crippen molar-refractivity contribution in [1.29, 1.82) is 0 Å². The molecular weight excluding hydrogens is 793 g/mol. The van der Waals surface area contributed by atoms with Gasteiger partial charge in [0, 0.05) is 57.8 Å². The Morgan fingerprint density at radius 3 is 2.13 bits per heavy atom. The minimum absolute atomic E-state index is 0.0357. The summed E-state index contributed by atoms with van der Waals surface area (Å²) in [7, 11) is 1.97. The number of phenols is 2. The average Bonchev–Trinajstić information content (AvgIpc) is 3.22. The van der Waals surface area contributed by atoms with Gasteiger partial charge in [-0.25, -0.2) is 4.79 Å². The van der Waals surface area contributed by atoms with Gasteiger partial charge in [-0.2, -0.15) is 0 Å². The number of nitrogens with zero attached hydrogens (tertiary/aromatic N) is 2. The molecule has 338 valence electrons. The molecule has 61 heavy (non-hydrogen) atoms. The van der Waals surface area contributed by atoms with Crippen molar-refractivity contribution in [2.45, 2.75) is 77.0 Å². The van der Waals surface area contributed by atoms with E-state index in [0.29, 0.717) is 81.6 Å². The summed E-state index contributed by atoms with van der Waals surface area (Å²) in [5.41, 5.74) is 6.53. The minimum atomic E-state index is -1.36. The van der Waals surface area contributed by atoms with Gasteiger partial charge in [-0.05, 0) is 86.5 Å². The molecule has 0 spiro atoms. The van der Waals surface area contributed by atoms with Crippen molar-refractivity contribution in [2.75, 3.05) is 78.1 Å². The molecular formula is C42H64N8O11. The smallest absolute Gasteiger partial charge is 0.312 e. The van der Waals surface area contributed by atoms with Crippen molar-refractivity contribution in [2.24, 2.45) is 11.7 Å². The SMILES string of the molecule is CC(C)C(NC(=O)CCOCCOCCNC(=O)CCCCc1cc(O)ccc1O)C(=O)NC(CCCNC(N)=O)C(=O)Nc1ccc(C(O)C(=O)N2CCN(C)CC2)cc1. The second-order valence-corrected chi connectivity index (χ2v) is 15.3. The second kappa shape index (κ2) is 26.7.